The van der Waals surface area contributed by atoms with Crippen LogP contribution in [0.1, 0.15) is 37.6 Å². The van der Waals surface area contributed by atoms with Crippen molar-refractivity contribution in [2.24, 2.45) is 5.92 Å². The Kier molecular flexibility index (Phi) is 5.01. The van der Waals surface area contributed by atoms with Crippen LogP contribution >= 0.6 is 0 Å². The second-order valence-corrected chi connectivity index (χ2v) is 4.77. The van der Waals surface area contributed by atoms with Gasteiger partial charge < -0.3 is 15.2 Å². The van der Waals surface area contributed by atoms with Crippen molar-refractivity contribution < 1.29 is 14.3 Å². The number of carbonyl (C=O) groups excluding carboxylic acids is 1. The molecule has 0 aromatic heterocycles. The molecule has 0 heterocycles. The largest absolute Gasteiger partial charge is 0.495 e. The van der Waals surface area contributed by atoms with E-state index in [1.54, 1.807) is 18.2 Å². The second kappa shape index (κ2) is 6.28. The standard InChI is InChI=1S/C14H21NO3/c1-9(2)8-10(3)18-14(16)11-6-5-7-12(17-4)13(11)15/h5-7,9-10H,8,15H2,1-4H3. The van der Waals surface area contributed by atoms with E-state index in [9.17, 15) is 4.79 Å². The van der Waals surface area contributed by atoms with E-state index in [4.69, 9.17) is 15.2 Å². The molecule has 0 radical (unpaired) electrons. The van der Waals surface area contributed by atoms with Crippen LogP contribution in [-0.4, -0.2) is 19.2 Å². The minimum Gasteiger partial charge on any atom is -0.495 e. The fraction of sp³-hybridized carbons (Fsp3) is 0.500. The normalized spacial score (nSPS) is 12.3. The third kappa shape index (κ3) is 3.65. The van der Waals surface area contributed by atoms with E-state index in [1.807, 2.05) is 6.92 Å². The van der Waals surface area contributed by atoms with Crippen LogP contribution in [0.4, 0.5) is 5.69 Å². The molecular formula is C14H21NO3. The Morgan fingerprint density at radius 1 is 1.33 bits per heavy atom. The van der Waals surface area contributed by atoms with Crippen LogP contribution in [0.2, 0.25) is 0 Å². The lowest BCUT2D eigenvalue weighted by Crippen LogP contribution is -2.18. The molecule has 18 heavy (non-hydrogen) atoms. The lowest BCUT2D eigenvalue weighted by molar-refractivity contribution is 0.0300. The molecule has 0 aliphatic heterocycles. The van der Waals surface area contributed by atoms with Gasteiger partial charge in [0.1, 0.15) is 5.75 Å². The summed E-state index contributed by atoms with van der Waals surface area (Å²) < 4.78 is 10.4. The average Bonchev–Trinajstić information content (AvgIpc) is 2.27. The summed E-state index contributed by atoms with van der Waals surface area (Å²) in [6.45, 7) is 6.06. The molecule has 4 nitrogen and oxygen atoms in total. The zero-order valence-corrected chi connectivity index (χ0v) is 11.4. The van der Waals surface area contributed by atoms with Gasteiger partial charge in [0, 0.05) is 0 Å². The summed E-state index contributed by atoms with van der Waals surface area (Å²) in [7, 11) is 1.52. The van der Waals surface area contributed by atoms with Crippen LogP contribution < -0.4 is 10.5 Å². The lowest BCUT2D eigenvalue weighted by atomic mass is 10.1. The maximum atomic E-state index is 12.0. The van der Waals surface area contributed by atoms with Crippen molar-refractivity contribution >= 4 is 11.7 Å². The summed E-state index contributed by atoms with van der Waals surface area (Å²) in [6, 6.07) is 5.07. The third-order valence-corrected chi connectivity index (χ3v) is 2.62. The maximum Gasteiger partial charge on any atom is 0.340 e. The minimum absolute atomic E-state index is 0.122. The van der Waals surface area contributed by atoms with Crippen molar-refractivity contribution in [2.45, 2.75) is 33.3 Å². The number of nitrogens with two attached hydrogens (primary N) is 1. The average molecular weight is 251 g/mol. The first-order chi connectivity index (χ1) is 8.45. The SMILES string of the molecule is COc1cccc(C(=O)OC(C)CC(C)C)c1N. The monoisotopic (exact) mass is 251 g/mol. The number of para-hydroxylation sites is 1. The quantitative estimate of drug-likeness (QED) is 0.645. The first kappa shape index (κ1) is 14.4. The number of anilines is 1. The van der Waals surface area contributed by atoms with E-state index >= 15 is 0 Å². The van der Waals surface area contributed by atoms with Crippen LogP contribution in [0.25, 0.3) is 0 Å². The maximum absolute atomic E-state index is 12.0. The van der Waals surface area contributed by atoms with Crippen molar-refractivity contribution in [3.63, 3.8) is 0 Å². The summed E-state index contributed by atoms with van der Waals surface area (Å²) in [5, 5.41) is 0. The molecule has 0 saturated carbocycles. The van der Waals surface area contributed by atoms with E-state index < -0.39 is 5.97 Å². The molecule has 100 valence electrons. The van der Waals surface area contributed by atoms with E-state index in [0.717, 1.165) is 6.42 Å². The van der Waals surface area contributed by atoms with Gasteiger partial charge in [-0.15, -0.1) is 0 Å². The van der Waals surface area contributed by atoms with E-state index in [1.165, 1.54) is 7.11 Å². The molecule has 0 bridgehead atoms. The first-order valence-electron chi connectivity index (χ1n) is 6.09. The molecule has 0 fully saturated rings. The highest BCUT2D eigenvalue weighted by molar-refractivity contribution is 5.96. The van der Waals surface area contributed by atoms with Gasteiger partial charge in [-0.25, -0.2) is 4.79 Å². The number of hydrogen-bond acceptors (Lipinski definition) is 4. The highest BCUT2D eigenvalue weighted by Gasteiger charge is 2.17. The van der Waals surface area contributed by atoms with Crippen molar-refractivity contribution in [2.75, 3.05) is 12.8 Å². The molecule has 1 aromatic carbocycles. The van der Waals surface area contributed by atoms with Crippen LogP contribution in [0.5, 0.6) is 5.75 Å². The molecule has 0 saturated heterocycles. The molecule has 1 unspecified atom stereocenters. The number of rotatable bonds is 5. The Morgan fingerprint density at radius 2 is 2.00 bits per heavy atom. The summed E-state index contributed by atoms with van der Waals surface area (Å²) in [4.78, 5) is 12.0. The summed E-state index contributed by atoms with van der Waals surface area (Å²) >= 11 is 0. The molecule has 0 amide bonds. The number of ether oxygens (including phenoxy) is 2. The number of benzene rings is 1. The highest BCUT2D eigenvalue weighted by atomic mass is 16.5. The molecule has 1 atom stereocenters. The van der Waals surface area contributed by atoms with Crippen LogP contribution in [0.15, 0.2) is 18.2 Å². The Morgan fingerprint density at radius 3 is 2.56 bits per heavy atom. The van der Waals surface area contributed by atoms with Crippen molar-refractivity contribution in [3.05, 3.63) is 23.8 Å². The summed E-state index contributed by atoms with van der Waals surface area (Å²) in [5.74, 6) is 0.566. The molecule has 0 spiro atoms. The van der Waals surface area contributed by atoms with Gasteiger partial charge in [-0.3, -0.25) is 0 Å². The fourth-order valence-electron chi connectivity index (χ4n) is 1.86. The molecule has 1 aromatic rings. The first-order valence-corrected chi connectivity index (χ1v) is 6.09. The van der Waals surface area contributed by atoms with Crippen molar-refractivity contribution in [1.82, 2.24) is 0 Å². The molecule has 4 heteroatoms. The van der Waals surface area contributed by atoms with Gasteiger partial charge in [-0.2, -0.15) is 0 Å². The van der Waals surface area contributed by atoms with E-state index in [0.29, 0.717) is 22.9 Å². The number of methoxy groups -OCH3 is 1. The second-order valence-electron chi connectivity index (χ2n) is 4.77. The smallest absolute Gasteiger partial charge is 0.340 e. The lowest BCUT2D eigenvalue weighted by Gasteiger charge is -2.16. The van der Waals surface area contributed by atoms with Crippen LogP contribution in [0.3, 0.4) is 0 Å². The zero-order valence-electron chi connectivity index (χ0n) is 11.4. The third-order valence-electron chi connectivity index (χ3n) is 2.62. The molecule has 0 aliphatic rings. The van der Waals surface area contributed by atoms with Gasteiger partial charge in [-0.05, 0) is 31.4 Å². The summed E-state index contributed by atoms with van der Waals surface area (Å²) in [5.41, 5.74) is 6.52. The highest BCUT2D eigenvalue weighted by Crippen LogP contribution is 2.25. The van der Waals surface area contributed by atoms with Gasteiger partial charge in [0.2, 0.25) is 0 Å². The number of carbonyl (C=O) groups is 1. The number of hydrogen-bond donors (Lipinski definition) is 1. The Bertz CT molecular complexity index is 416. The number of esters is 1. The summed E-state index contributed by atoms with van der Waals surface area (Å²) in [6.07, 6.45) is 0.707. The van der Waals surface area contributed by atoms with Crippen molar-refractivity contribution in [3.8, 4) is 5.75 Å². The Labute approximate surface area is 108 Å². The van der Waals surface area contributed by atoms with Gasteiger partial charge in [-0.1, -0.05) is 19.9 Å². The number of nitrogen functional groups attached to an aromatic ring is 1. The van der Waals surface area contributed by atoms with Crippen LogP contribution in [-0.2, 0) is 4.74 Å². The minimum atomic E-state index is -0.403. The topological polar surface area (TPSA) is 61.5 Å². The Balaban J connectivity index is 2.78. The van der Waals surface area contributed by atoms with Gasteiger partial charge >= 0.3 is 5.97 Å². The van der Waals surface area contributed by atoms with Crippen LogP contribution in [0, 0.1) is 5.92 Å². The van der Waals surface area contributed by atoms with Gasteiger partial charge in [0.15, 0.2) is 0 Å². The predicted octanol–water partition coefficient (Wildman–Crippen LogP) is 2.87. The molecule has 1 rings (SSSR count). The van der Waals surface area contributed by atoms with E-state index in [-0.39, 0.29) is 6.10 Å². The van der Waals surface area contributed by atoms with Gasteiger partial charge in [0.25, 0.3) is 0 Å². The Hall–Kier alpha value is -1.71. The van der Waals surface area contributed by atoms with E-state index in [2.05, 4.69) is 13.8 Å². The zero-order chi connectivity index (χ0) is 13.7. The van der Waals surface area contributed by atoms with Crippen molar-refractivity contribution in [1.29, 1.82) is 0 Å². The molecule has 2 N–H and O–H groups in total. The molecular weight excluding hydrogens is 230 g/mol. The fourth-order valence-corrected chi connectivity index (χ4v) is 1.86. The predicted molar refractivity (Wildman–Crippen MR) is 71.7 cm³/mol. The van der Waals surface area contributed by atoms with Gasteiger partial charge in [0.05, 0.1) is 24.5 Å². The molecule has 0 aliphatic carbocycles.